The first kappa shape index (κ1) is 20.9. The van der Waals surface area contributed by atoms with Gasteiger partial charge in [0.05, 0.1) is 5.92 Å². The molecule has 33 heavy (non-hydrogen) atoms. The highest BCUT2D eigenvalue weighted by Crippen LogP contribution is 2.42. The quantitative estimate of drug-likeness (QED) is 0.534. The fourth-order valence-corrected chi connectivity index (χ4v) is 4.78. The van der Waals surface area contributed by atoms with E-state index in [4.69, 9.17) is 4.99 Å². The lowest BCUT2D eigenvalue weighted by Crippen LogP contribution is -2.44. The normalized spacial score (nSPS) is 21.2. The fraction of sp³-hybridized carbons (Fsp3) is 0.222. The summed E-state index contributed by atoms with van der Waals surface area (Å²) in [6.07, 6.45) is 3.73. The first-order valence-electron chi connectivity index (χ1n) is 11.2. The van der Waals surface area contributed by atoms with Gasteiger partial charge >= 0.3 is 0 Å². The molecule has 6 nitrogen and oxygen atoms in total. The van der Waals surface area contributed by atoms with Crippen molar-refractivity contribution in [1.29, 1.82) is 0 Å². The number of aromatic nitrogens is 1. The zero-order valence-electron chi connectivity index (χ0n) is 18.9. The Labute approximate surface area is 192 Å². The van der Waals surface area contributed by atoms with Gasteiger partial charge in [-0.3, -0.25) is 9.59 Å². The van der Waals surface area contributed by atoms with Crippen LogP contribution in [0.3, 0.4) is 0 Å². The molecule has 0 aliphatic carbocycles. The van der Waals surface area contributed by atoms with Gasteiger partial charge in [-0.1, -0.05) is 48.0 Å². The Bertz CT molecular complexity index is 1360. The molecule has 0 bridgehead atoms. The number of hydrogen-bond donors (Lipinski definition) is 3. The van der Waals surface area contributed by atoms with E-state index in [-0.39, 0.29) is 11.7 Å². The highest BCUT2D eigenvalue weighted by Gasteiger charge is 2.47. The van der Waals surface area contributed by atoms with Gasteiger partial charge in [-0.05, 0) is 38.5 Å². The summed E-state index contributed by atoms with van der Waals surface area (Å²) >= 11 is 0. The number of Topliss-reactive ketones (excluding diaryl/α,β-unsaturated/α-hetero) is 1. The molecule has 2 aromatic carbocycles. The minimum atomic E-state index is -0.564. The van der Waals surface area contributed by atoms with Crippen LogP contribution in [0, 0.1) is 12.8 Å². The van der Waals surface area contributed by atoms with Crippen molar-refractivity contribution in [3.05, 3.63) is 88.4 Å². The molecule has 0 saturated carbocycles. The Morgan fingerprint density at radius 3 is 2.61 bits per heavy atom. The second-order valence-corrected chi connectivity index (χ2v) is 8.57. The van der Waals surface area contributed by atoms with Crippen LogP contribution in [-0.4, -0.2) is 29.1 Å². The van der Waals surface area contributed by atoms with Crippen molar-refractivity contribution in [2.24, 2.45) is 10.9 Å². The minimum Gasteiger partial charge on any atom is -0.361 e. The monoisotopic (exact) mass is 438 g/mol. The van der Waals surface area contributed by atoms with Crippen LogP contribution in [0.15, 0.2) is 76.7 Å². The van der Waals surface area contributed by atoms with Crippen LogP contribution in [0.2, 0.25) is 0 Å². The van der Waals surface area contributed by atoms with Crippen molar-refractivity contribution in [3.8, 4) is 0 Å². The number of allylic oxidation sites excluding steroid dienone is 2. The molecule has 1 amide bonds. The van der Waals surface area contributed by atoms with Gasteiger partial charge in [0.25, 0.3) is 0 Å². The predicted molar refractivity (Wildman–Crippen MR) is 131 cm³/mol. The van der Waals surface area contributed by atoms with E-state index in [0.29, 0.717) is 23.7 Å². The van der Waals surface area contributed by atoms with E-state index < -0.39 is 11.8 Å². The lowest BCUT2D eigenvalue weighted by molar-refractivity contribution is -0.118. The van der Waals surface area contributed by atoms with E-state index in [1.807, 2.05) is 81.6 Å². The van der Waals surface area contributed by atoms with E-state index >= 15 is 0 Å². The zero-order valence-corrected chi connectivity index (χ0v) is 18.9. The minimum absolute atomic E-state index is 0.0809. The molecule has 2 unspecified atom stereocenters. The average molecular weight is 439 g/mol. The van der Waals surface area contributed by atoms with Crippen molar-refractivity contribution < 1.29 is 9.59 Å². The third-order valence-corrected chi connectivity index (χ3v) is 6.37. The smallest absolute Gasteiger partial charge is 0.249 e. The average Bonchev–Trinajstić information content (AvgIpc) is 3.35. The molecule has 6 heteroatoms. The maximum atomic E-state index is 13.7. The number of nitrogens with zero attached hydrogens (tertiary/aromatic N) is 1. The summed E-state index contributed by atoms with van der Waals surface area (Å²) in [5.74, 6) is -0.608. The number of nitrogens with one attached hydrogen (secondary N) is 3. The van der Waals surface area contributed by atoms with Crippen LogP contribution >= 0.6 is 0 Å². The van der Waals surface area contributed by atoms with E-state index in [1.54, 1.807) is 0 Å². The van der Waals surface area contributed by atoms with Gasteiger partial charge in [-0.15, -0.1) is 0 Å². The first-order chi connectivity index (χ1) is 16.0. The summed E-state index contributed by atoms with van der Waals surface area (Å²) in [6, 6.07) is 16.0. The summed E-state index contributed by atoms with van der Waals surface area (Å²) in [5.41, 5.74) is 5.69. The number of H-pyrrole nitrogens is 1. The first-order valence-corrected chi connectivity index (χ1v) is 11.2. The summed E-state index contributed by atoms with van der Waals surface area (Å²) in [6.45, 7) is 6.30. The topological polar surface area (TPSA) is 86.3 Å². The van der Waals surface area contributed by atoms with Crippen LogP contribution in [0.5, 0.6) is 0 Å². The number of likely N-dealkylation sites (N-methyl/N-ethyl adjacent to an activating group) is 1. The van der Waals surface area contributed by atoms with E-state index in [1.165, 1.54) is 0 Å². The number of benzene rings is 2. The lowest BCUT2D eigenvalue weighted by atomic mass is 9.74. The third-order valence-electron chi connectivity index (χ3n) is 6.37. The van der Waals surface area contributed by atoms with Gasteiger partial charge in [0.15, 0.2) is 5.78 Å². The predicted octanol–water partition coefficient (Wildman–Crippen LogP) is 4.21. The number of para-hydroxylation sites is 1. The molecule has 0 saturated heterocycles. The van der Waals surface area contributed by atoms with Gasteiger partial charge in [-0.25, -0.2) is 4.99 Å². The number of rotatable bonds is 4. The van der Waals surface area contributed by atoms with E-state index in [0.717, 1.165) is 33.3 Å². The van der Waals surface area contributed by atoms with Crippen molar-refractivity contribution in [2.75, 3.05) is 6.54 Å². The highest BCUT2D eigenvalue weighted by atomic mass is 16.2. The summed E-state index contributed by atoms with van der Waals surface area (Å²) in [7, 11) is 0. The molecule has 3 heterocycles. The van der Waals surface area contributed by atoms with Gasteiger partial charge in [0.1, 0.15) is 11.5 Å². The SMILES string of the molecule is CCNC(=O)C1=C(C)NC2=N/C(=C\c3c[nH]c4ccccc34)C(=O)C2C1c1ccc(C)cc1. The van der Waals surface area contributed by atoms with Crippen molar-refractivity contribution in [1.82, 2.24) is 15.6 Å². The maximum absolute atomic E-state index is 13.7. The maximum Gasteiger partial charge on any atom is 0.249 e. The van der Waals surface area contributed by atoms with E-state index in [9.17, 15) is 9.59 Å². The van der Waals surface area contributed by atoms with Crippen LogP contribution in [-0.2, 0) is 9.59 Å². The molecule has 5 rings (SSSR count). The highest BCUT2D eigenvalue weighted by molar-refractivity contribution is 6.22. The number of amides is 1. The molecular weight excluding hydrogens is 412 g/mol. The van der Waals surface area contributed by atoms with Crippen LogP contribution in [0.1, 0.15) is 36.5 Å². The Balaban J connectivity index is 1.60. The second-order valence-electron chi connectivity index (χ2n) is 8.57. The number of fused-ring (bicyclic) bond motifs is 2. The Hall–Kier alpha value is -3.93. The Morgan fingerprint density at radius 1 is 1.09 bits per heavy atom. The number of carbonyl (C=O) groups is 2. The number of amidine groups is 1. The number of hydrogen-bond acceptors (Lipinski definition) is 4. The fourth-order valence-electron chi connectivity index (χ4n) is 4.78. The summed E-state index contributed by atoms with van der Waals surface area (Å²) in [4.78, 5) is 34.7. The molecule has 2 atom stereocenters. The van der Waals surface area contributed by atoms with Crippen molar-refractivity contribution >= 4 is 34.5 Å². The van der Waals surface area contributed by atoms with Crippen molar-refractivity contribution in [3.63, 3.8) is 0 Å². The van der Waals surface area contributed by atoms with Crippen LogP contribution in [0.25, 0.3) is 17.0 Å². The zero-order chi connectivity index (χ0) is 23.1. The molecule has 3 aromatic rings. The van der Waals surface area contributed by atoms with Crippen molar-refractivity contribution in [2.45, 2.75) is 26.7 Å². The molecule has 2 aliphatic heterocycles. The molecule has 1 aromatic heterocycles. The number of aromatic amines is 1. The second kappa shape index (κ2) is 8.20. The standard InChI is InChI=1S/C27H26N4O2/c1-4-28-27(33)22-16(3)30-26-24(23(22)17-11-9-15(2)10-12-17)25(32)21(31-26)13-18-14-29-20-8-6-5-7-19(18)20/h5-14,23-24,29H,4H2,1-3H3,(H,28,33)(H,30,31)/b21-13-. The summed E-state index contributed by atoms with van der Waals surface area (Å²) < 4.78 is 0. The molecule has 3 N–H and O–H groups in total. The molecule has 0 spiro atoms. The molecule has 0 fully saturated rings. The van der Waals surface area contributed by atoms with Gasteiger partial charge in [0, 0.05) is 46.4 Å². The van der Waals surface area contributed by atoms with Crippen LogP contribution < -0.4 is 10.6 Å². The lowest BCUT2D eigenvalue weighted by Gasteiger charge is -2.32. The molecule has 0 radical (unpaired) electrons. The largest absolute Gasteiger partial charge is 0.361 e. The van der Waals surface area contributed by atoms with Gasteiger partial charge < -0.3 is 15.6 Å². The number of carbonyl (C=O) groups excluding carboxylic acids is 2. The number of aliphatic imine (C=N–C) groups is 1. The van der Waals surface area contributed by atoms with Crippen LogP contribution in [0.4, 0.5) is 0 Å². The molecule has 2 aliphatic rings. The Morgan fingerprint density at radius 2 is 1.85 bits per heavy atom. The number of ketones is 1. The molecule has 166 valence electrons. The summed E-state index contributed by atoms with van der Waals surface area (Å²) in [5, 5.41) is 7.20. The molecular formula is C27H26N4O2. The number of aryl methyl sites for hydroxylation is 1. The Kier molecular flexibility index (Phi) is 5.21. The van der Waals surface area contributed by atoms with E-state index in [2.05, 4.69) is 15.6 Å². The van der Waals surface area contributed by atoms with Gasteiger partial charge in [0.2, 0.25) is 5.91 Å². The van der Waals surface area contributed by atoms with Gasteiger partial charge in [-0.2, -0.15) is 0 Å². The third kappa shape index (κ3) is 3.57.